The van der Waals surface area contributed by atoms with Crippen molar-refractivity contribution in [1.82, 2.24) is 19.8 Å². The summed E-state index contributed by atoms with van der Waals surface area (Å²) < 4.78 is 32.6. The second-order valence-electron chi connectivity index (χ2n) is 8.11. The van der Waals surface area contributed by atoms with Crippen molar-refractivity contribution in [2.75, 3.05) is 13.1 Å². The lowest BCUT2D eigenvalue weighted by Crippen LogP contribution is -2.45. The molecule has 8 nitrogen and oxygen atoms in total. The van der Waals surface area contributed by atoms with Gasteiger partial charge in [0.2, 0.25) is 27.6 Å². The molecule has 0 aliphatic carbocycles. The highest BCUT2D eigenvalue weighted by molar-refractivity contribution is 7.89. The van der Waals surface area contributed by atoms with Gasteiger partial charge in [-0.25, -0.2) is 8.42 Å². The quantitative estimate of drug-likeness (QED) is 0.614. The normalized spacial score (nSPS) is 17.2. The van der Waals surface area contributed by atoms with Crippen LogP contribution >= 0.6 is 0 Å². The van der Waals surface area contributed by atoms with Gasteiger partial charge < -0.3 is 9.84 Å². The molecule has 168 valence electrons. The Morgan fingerprint density at radius 3 is 2.69 bits per heavy atom. The fourth-order valence-electron chi connectivity index (χ4n) is 3.77. The van der Waals surface area contributed by atoms with E-state index in [1.807, 2.05) is 38.1 Å². The summed E-state index contributed by atoms with van der Waals surface area (Å²) >= 11 is 0. The zero-order valence-corrected chi connectivity index (χ0v) is 18.9. The van der Waals surface area contributed by atoms with E-state index < -0.39 is 15.9 Å². The van der Waals surface area contributed by atoms with Crippen LogP contribution in [0.4, 0.5) is 0 Å². The SMILES string of the molecule is Cc1ccc(S(=O)(=O)N2CCC[C@@H](C(=O)NCc3nc(-c4cccc(C)c4)no3)C2)cc1. The predicted octanol–water partition coefficient (Wildman–Crippen LogP) is 3.07. The molecule has 1 N–H and O–H groups in total. The van der Waals surface area contributed by atoms with Gasteiger partial charge in [-0.15, -0.1) is 0 Å². The number of nitrogens with one attached hydrogen (secondary N) is 1. The van der Waals surface area contributed by atoms with Crippen LogP contribution in [0.1, 0.15) is 29.9 Å². The summed E-state index contributed by atoms with van der Waals surface area (Å²) in [6, 6.07) is 14.5. The summed E-state index contributed by atoms with van der Waals surface area (Å²) in [6.45, 7) is 4.55. The Hall–Kier alpha value is -3.04. The van der Waals surface area contributed by atoms with Crippen LogP contribution in [0.2, 0.25) is 0 Å². The predicted molar refractivity (Wildman–Crippen MR) is 119 cm³/mol. The lowest BCUT2D eigenvalue weighted by Gasteiger charge is -2.31. The second kappa shape index (κ2) is 9.22. The smallest absolute Gasteiger partial charge is 0.246 e. The van der Waals surface area contributed by atoms with Crippen molar-refractivity contribution < 1.29 is 17.7 Å². The van der Waals surface area contributed by atoms with E-state index in [9.17, 15) is 13.2 Å². The largest absolute Gasteiger partial charge is 0.347 e. The van der Waals surface area contributed by atoms with E-state index in [1.54, 1.807) is 24.3 Å². The molecule has 1 saturated heterocycles. The number of carbonyl (C=O) groups is 1. The third-order valence-electron chi connectivity index (χ3n) is 5.57. The van der Waals surface area contributed by atoms with Gasteiger partial charge in [-0.3, -0.25) is 4.79 Å². The highest BCUT2D eigenvalue weighted by Gasteiger charge is 2.33. The fraction of sp³-hybridized carbons (Fsp3) is 0.348. The molecule has 2 heterocycles. The van der Waals surface area contributed by atoms with Crippen LogP contribution in [0.3, 0.4) is 0 Å². The van der Waals surface area contributed by atoms with Crippen LogP contribution in [0.15, 0.2) is 57.9 Å². The fourth-order valence-corrected chi connectivity index (χ4v) is 5.29. The zero-order chi connectivity index (χ0) is 22.7. The monoisotopic (exact) mass is 454 g/mol. The van der Waals surface area contributed by atoms with Crippen molar-refractivity contribution in [2.45, 2.75) is 38.1 Å². The Morgan fingerprint density at radius 2 is 1.94 bits per heavy atom. The molecular formula is C23H26N4O4S. The molecule has 0 radical (unpaired) electrons. The first-order valence-corrected chi connectivity index (χ1v) is 12.0. The maximum absolute atomic E-state index is 13.0. The summed E-state index contributed by atoms with van der Waals surface area (Å²) in [5.41, 5.74) is 2.92. The van der Waals surface area contributed by atoms with Crippen LogP contribution in [0.25, 0.3) is 11.4 Å². The van der Waals surface area contributed by atoms with Gasteiger partial charge in [0.25, 0.3) is 0 Å². The third-order valence-corrected chi connectivity index (χ3v) is 7.45. The lowest BCUT2D eigenvalue weighted by molar-refractivity contribution is -0.126. The first-order chi connectivity index (χ1) is 15.3. The molecule has 4 rings (SSSR count). The van der Waals surface area contributed by atoms with Crippen LogP contribution in [-0.2, 0) is 21.4 Å². The molecule has 0 unspecified atom stereocenters. The molecule has 32 heavy (non-hydrogen) atoms. The Labute approximate surface area is 187 Å². The standard InChI is InChI=1S/C23H26N4O4S/c1-16-8-10-20(11-9-16)32(29,30)27-12-4-7-19(15-27)23(28)24-14-21-25-22(26-31-21)18-6-3-5-17(2)13-18/h3,5-6,8-11,13,19H,4,7,12,14-15H2,1-2H3,(H,24,28)/t19-/m1/s1. The highest BCUT2D eigenvalue weighted by atomic mass is 32.2. The van der Waals surface area contributed by atoms with Crippen LogP contribution in [-0.4, -0.2) is 41.9 Å². The number of rotatable bonds is 6. The number of amides is 1. The van der Waals surface area contributed by atoms with Crippen molar-refractivity contribution in [2.24, 2.45) is 5.92 Å². The number of sulfonamides is 1. The van der Waals surface area contributed by atoms with E-state index in [0.29, 0.717) is 31.1 Å². The van der Waals surface area contributed by atoms with Crippen molar-refractivity contribution in [3.8, 4) is 11.4 Å². The van der Waals surface area contributed by atoms with Crippen LogP contribution < -0.4 is 5.32 Å². The van der Waals surface area contributed by atoms with E-state index >= 15 is 0 Å². The molecule has 1 fully saturated rings. The van der Waals surface area contributed by atoms with Gasteiger partial charge in [-0.05, 0) is 44.9 Å². The molecule has 1 amide bonds. The van der Waals surface area contributed by atoms with E-state index in [2.05, 4.69) is 15.5 Å². The molecule has 0 bridgehead atoms. The van der Waals surface area contributed by atoms with Crippen molar-refractivity contribution in [3.63, 3.8) is 0 Å². The van der Waals surface area contributed by atoms with Gasteiger partial charge in [0.15, 0.2) is 0 Å². The van der Waals surface area contributed by atoms with Gasteiger partial charge in [-0.2, -0.15) is 9.29 Å². The molecule has 1 atom stereocenters. The number of aryl methyl sites for hydroxylation is 2. The molecule has 2 aromatic carbocycles. The zero-order valence-electron chi connectivity index (χ0n) is 18.1. The number of piperidine rings is 1. The van der Waals surface area contributed by atoms with Gasteiger partial charge in [0.05, 0.1) is 17.4 Å². The Bertz CT molecular complexity index is 1200. The Balaban J connectivity index is 1.37. The maximum atomic E-state index is 13.0. The molecular weight excluding hydrogens is 428 g/mol. The minimum atomic E-state index is -3.63. The molecule has 0 spiro atoms. The number of hydrogen-bond donors (Lipinski definition) is 1. The van der Waals surface area contributed by atoms with Gasteiger partial charge in [0, 0.05) is 18.7 Å². The van der Waals surface area contributed by atoms with Crippen molar-refractivity contribution in [3.05, 3.63) is 65.5 Å². The third kappa shape index (κ3) is 4.89. The lowest BCUT2D eigenvalue weighted by atomic mass is 9.99. The molecule has 1 aliphatic rings. The van der Waals surface area contributed by atoms with Crippen LogP contribution in [0, 0.1) is 19.8 Å². The summed E-state index contributed by atoms with van der Waals surface area (Å²) in [7, 11) is -3.63. The molecule has 9 heteroatoms. The van der Waals surface area contributed by atoms with Crippen LogP contribution in [0.5, 0.6) is 0 Å². The average Bonchev–Trinajstić information content (AvgIpc) is 3.27. The minimum absolute atomic E-state index is 0.0961. The summed E-state index contributed by atoms with van der Waals surface area (Å²) in [5.74, 6) is 0.119. The summed E-state index contributed by atoms with van der Waals surface area (Å²) in [6.07, 6.45) is 1.26. The average molecular weight is 455 g/mol. The van der Waals surface area contributed by atoms with Crippen molar-refractivity contribution >= 4 is 15.9 Å². The van der Waals surface area contributed by atoms with E-state index in [0.717, 1.165) is 16.7 Å². The first kappa shape index (κ1) is 22.2. The topological polar surface area (TPSA) is 105 Å². The second-order valence-corrected chi connectivity index (χ2v) is 10.1. The molecule has 0 saturated carbocycles. The highest BCUT2D eigenvalue weighted by Crippen LogP contribution is 2.24. The Kier molecular flexibility index (Phi) is 6.38. The maximum Gasteiger partial charge on any atom is 0.246 e. The van der Waals surface area contributed by atoms with Crippen molar-refractivity contribution in [1.29, 1.82) is 0 Å². The number of carbonyl (C=O) groups excluding carboxylic acids is 1. The van der Waals surface area contributed by atoms with Gasteiger partial charge >= 0.3 is 0 Å². The summed E-state index contributed by atoms with van der Waals surface area (Å²) in [5, 5.41) is 6.78. The van der Waals surface area contributed by atoms with E-state index in [1.165, 1.54) is 4.31 Å². The first-order valence-electron chi connectivity index (χ1n) is 10.6. The molecule has 1 aliphatic heterocycles. The minimum Gasteiger partial charge on any atom is -0.347 e. The number of benzene rings is 2. The number of hydrogen-bond acceptors (Lipinski definition) is 6. The number of nitrogens with zero attached hydrogens (tertiary/aromatic N) is 3. The van der Waals surface area contributed by atoms with E-state index in [-0.39, 0.29) is 23.9 Å². The van der Waals surface area contributed by atoms with Gasteiger partial charge in [-0.1, -0.05) is 46.6 Å². The number of aromatic nitrogens is 2. The molecule has 1 aromatic heterocycles. The molecule has 3 aromatic rings. The Morgan fingerprint density at radius 1 is 1.16 bits per heavy atom. The van der Waals surface area contributed by atoms with Gasteiger partial charge in [0.1, 0.15) is 0 Å². The van der Waals surface area contributed by atoms with E-state index in [4.69, 9.17) is 4.52 Å². The summed E-state index contributed by atoms with van der Waals surface area (Å²) in [4.78, 5) is 17.3.